The molecule has 28 heavy (non-hydrogen) atoms. The summed E-state index contributed by atoms with van der Waals surface area (Å²) >= 11 is 0. The Hall–Kier alpha value is -3.22. The summed E-state index contributed by atoms with van der Waals surface area (Å²) in [6, 6.07) is 12.8. The average molecular weight is 383 g/mol. The fourth-order valence-corrected chi connectivity index (χ4v) is 3.16. The van der Waals surface area contributed by atoms with E-state index in [1.807, 2.05) is 6.92 Å². The SMILES string of the molecule is CC(c1ccc(F)cc1)N(C)C(=O)CCC(=O)N1CC(=O)Nc2ccccc21. The molecule has 1 atom stereocenters. The van der Waals surface area contributed by atoms with Crippen molar-refractivity contribution in [2.75, 3.05) is 23.8 Å². The largest absolute Gasteiger partial charge is 0.339 e. The molecule has 1 aliphatic rings. The van der Waals surface area contributed by atoms with Crippen LogP contribution in [-0.4, -0.2) is 36.2 Å². The quantitative estimate of drug-likeness (QED) is 0.863. The van der Waals surface area contributed by atoms with Gasteiger partial charge in [-0.05, 0) is 36.8 Å². The van der Waals surface area contributed by atoms with Crippen molar-refractivity contribution in [3.05, 3.63) is 59.9 Å². The molecular weight excluding hydrogens is 361 g/mol. The third-order valence-electron chi connectivity index (χ3n) is 4.95. The summed E-state index contributed by atoms with van der Waals surface area (Å²) in [5, 5.41) is 2.73. The normalized spacial score (nSPS) is 14.1. The number of hydrogen-bond acceptors (Lipinski definition) is 3. The van der Waals surface area contributed by atoms with Crippen LogP contribution in [0, 0.1) is 5.82 Å². The number of fused-ring (bicyclic) bond motifs is 1. The van der Waals surface area contributed by atoms with E-state index >= 15 is 0 Å². The smallest absolute Gasteiger partial charge is 0.244 e. The van der Waals surface area contributed by atoms with Crippen molar-refractivity contribution in [2.45, 2.75) is 25.8 Å². The van der Waals surface area contributed by atoms with Gasteiger partial charge in [-0.2, -0.15) is 0 Å². The van der Waals surface area contributed by atoms with E-state index < -0.39 is 0 Å². The zero-order valence-electron chi connectivity index (χ0n) is 15.8. The molecule has 2 aromatic carbocycles. The van der Waals surface area contributed by atoms with Crippen LogP contribution in [0.2, 0.25) is 0 Å². The lowest BCUT2D eigenvalue weighted by molar-refractivity contribution is -0.133. The van der Waals surface area contributed by atoms with E-state index in [-0.39, 0.29) is 49.0 Å². The summed E-state index contributed by atoms with van der Waals surface area (Å²) in [4.78, 5) is 40.0. The molecule has 0 saturated carbocycles. The molecule has 1 unspecified atom stereocenters. The van der Waals surface area contributed by atoms with Crippen LogP contribution in [0.3, 0.4) is 0 Å². The number of halogens is 1. The summed E-state index contributed by atoms with van der Waals surface area (Å²) in [7, 11) is 1.66. The van der Waals surface area contributed by atoms with E-state index in [1.165, 1.54) is 21.9 Å². The second-order valence-corrected chi connectivity index (χ2v) is 6.78. The van der Waals surface area contributed by atoms with Crippen molar-refractivity contribution in [2.24, 2.45) is 0 Å². The maximum Gasteiger partial charge on any atom is 0.244 e. The lowest BCUT2D eigenvalue weighted by Gasteiger charge is -2.29. The highest BCUT2D eigenvalue weighted by Gasteiger charge is 2.27. The van der Waals surface area contributed by atoms with Crippen LogP contribution in [-0.2, 0) is 14.4 Å². The molecule has 0 radical (unpaired) electrons. The van der Waals surface area contributed by atoms with Gasteiger partial charge in [-0.3, -0.25) is 14.4 Å². The molecule has 7 heteroatoms. The van der Waals surface area contributed by atoms with E-state index in [0.29, 0.717) is 11.4 Å². The van der Waals surface area contributed by atoms with Gasteiger partial charge in [0.2, 0.25) is 17.7 Å². The first-order valence-corrected chi connectivity index (χ1v) is 9.07. The van der Waals surface area contributed by atoms with Crippen LogP contribution in [0.25, 0.3) is 0 Å². The molecule has 2 aromatic rings. The van der Waals surface area contributed by atoms with Crippen LogP contribution in [0.4, 0.5) is 15.8 Å². The predicted molar refractivity (Wildman–Crippen MR) is 104 cm³/mol. The van der Waals surface area contributed by atoms with Crippen LogP contribution in [0.5, 0.6) is 0 Å². The van der Waals surface area contributed by atoms with Crippen LogP contribution < -0.4 is 10.2 Å². The van der Waals surface area contributed by atoms with E-state index in [2.05, 4.69) is 5.32 Å². The third kappa shape index (κ3) is 4.19. The van der Waals surface area contributed by atoms with Gasteiger partial charge in [0.15, 0.2) is 0 Å². The van der Waals surface area contributed by atoms with Crippen molar-refractivity contribution >= 4 is 29.1 Å². The zero-order valence-corrected chi connectivity index (χ0v) is 15.8. The number of carbonyl (C=O) groups is 3. The molecule has 0 bridgehead atoms. The lowest BCUT2D eigenvalue weighted by Crippen LogP contribution is -2.42. The number of amides is 3. The molecule has 146 valence electrons. The fraction of sp³-hybridized carbons (Fsp3) is 0.286. The molecule has 1 N–H and O–H groups in total. The van der Waals surface area contributed by atoms with Gasteiger partial charge >= 0.3 is 0 Å². The first-order chi connectivity index (χ1) is 13.4. The lowest BCUT2D eigenvalue weighted by atomic mass is 10.1. The van der Waals surface area contributed by atoms with Crippen LogP contribution in [0.1, 0.15) is 31.4 Å². The van der Waals surface area contributed by atoms with Gasteiger partial charge < -0.3 is 15.1 Å². The Morgan fingerprint density at radius 1 is 1.14 bits per heavy atom. The van der Waals surface area contributed by atoms with Gasteiger partial charge in [0.1, 0.15) is 12.4 Å². The second-order valence-electron chi connectivity index (χ2n) is 6.78. The summed E-state index contributed by atoms with van der Waals surface area (Å²) in [6.45, 7) is 1.78. The minimum Gasteiger partial charge on any atom is -0.339 e. The summed E-state index contributed by atoms with van der Waals surface area (Å²) in [5.74, 6) is -1.07. The summed E-state index contributed by atoms with van der Waals surface area (Å²) in [6.07, 6.45) is 0.0298. The monoisotopic (exact) mass is 383 g/mol. The summed E-state index contributed by atoms with van der Waals surface area (Å²) in [5.41, 5.74) is 2.03. The van der Waals surface area contributed by atoms with E-state index in [0.717, 1.165) is 5.56 Å². The van der Waals surface area contributed by atoms with Crippen molar-refractivity contribution in [3.8, 4) is 0 Å². The van der Waals surface area contributed by atoms with Crippen molar-refractivity contribution in [1.29, 1.82) is 0 Å². The molecular formula is C21H22FN3O3. The maximum atomic E-state index is 13.1. The number of benzene rings is 2. The Balaban J connectivity index is 1.62. The highest BCUT2D eigenvalue weighted by molar-refractivity contribution is 6.10. The average Bonchev–Trinajstić information content (AvgIpc) is 2.70. The molecule has 3 rings (SSSR count). The van der Waals surface area contributed by atoms with Gasteiger partial charge in [0.25, 0.3) is 0 Å². The molecule has 1 heterocycles. The van der Waals surface area contributed by atoms with E-state index in [1.54, 1.807) is 43.4 Å². The molecule has 3 amide bonds. The fourth-order valence-electron chi connectivity index (χ4n) is 3.16. The number of nitrogens with one attached hydrogen (secondary N) is 1. The molecule has 0 aromatic heterocycles. The van der Waals surface area contributed by atoms with Crippen LogP contribution in [0.15, 0.2) is 48.5 Å². The number of anilines is 2. The highest BCUT2D eigenvalue weighted by Crippen LogP contribution is 2.29. The standard InChI is InChI=1S/C21H22FN3O3/c1-14(15-7-9-16(22)10-8-15)24(2)20(27)11-12-21(28)25-13-19(26)23-17-5-3-4-6-18(17)25/h3-10,14H,11-13H2,1-2H3,(H,23,26). The summed E-state index contributed by atoms with van der Waals surface area (Å²) < 4.78 is 13.1. The third-order valence-corrected chi connectivity index (χ3v) is 4.95. The molecule has 0 spiro atoms. The Labute approximate surface area is 162 Å². The van der Waals surface area contributed by atoms with E-state index in [9.17, 15) is 18.8 Å². The first-order valence-electron chi connectivity index (χ1n) is 9.07. The number of rotatable bonds is 5. The zero-order chi connectivity index (χ0) is 20.3. The van der Waals surface area contributed by atoms with Gasteiger partial charge in [0, 0.05) is 19.9 Å². The minimum absolute atomic E-state index is 0.000918. The number of carbonyl (C=O) groups excluding carboxylic acids is 3. The van der Waals surface area contributed by atoms with Crippen molar-refractivity contribution in [1.82, 2.24) is 4.90 Å². The molecule has 0 aliphatic carbocycles. The Morgan fingerprint density at radius 2 is 1.82 bits per heavy atom. The van der Waals surface area contributed by atoms with Gasteiger partial charge in [0.05, 0.1) is 17.4 Å². The second kappa shape index (κ2) is 8.21. The predicted octanol–water partition coefficient (Wildman–Crippen LogP) is 3.11. The van der Waals surface area contributed by atoms with Crippen LogP contribution >= 0.6 is 0 Å². The maximum absolute atomic E-state index is 13.1. The topological polar surface area (TPSA) is 69.7 Å². The van der Waals surface area contributed by atoms with Crippen molar-refractivity contribution < 1.29 is 18.8 Å². The molecule has 6 nitrogen and oxygen atoms in total. The molecule has 0 saturated heterocycles. The Bertz CT molecular complexity index is 898. The first kappa shape index (κ1) is 19.5. The van der Waals surface area contributed by atoms with Gasteiger partial charge in [-0.15, -0.1) is 0 Å². The number of nitrogens with zero attached hydrogens (tertiary/aromatic N) is 2. The Morgan fingerprint density at radius 3 is 2.54 bits per heavy atom. The van der Waals surface area contributed by atoms with Crippen molar-refractivity contribution in [3.63, 3.8) is 0 Å². The molecule has 0 fully saturated rings. The Kier molecular flexibility index (Phi) is 5.73. The highest BCUT2D eigenvalue weighted by atomic mass is 19.1. The van der Waals surface area contributed by atoms with Gasteiger partial charge in [-0.25, -0.2) is 4.39 Å². The van der Waals surface area contributed by atoms with Gasteiger partial charge in [-0.1, -0.05) is 24.3 Å². The minimum atomic E-state index is -0.332. The molecule has 1 aliphatic heterocycles. The number of para-hydroxylation sites is 2. The number of hydrogen-bond donors (Lipinski definition) is 1. The van der Waals surface area contributed by atoms with E-state index in [4.69, 9.17) is 0 Å².